The third kappa shape index (κ3) is 3.69. The summed E-state index contributed by atoms with van der Waals surface area (Å²) < 4.78 is 5.37. The molecular weight excluding hydrogens is 350 g/mol. The molecule has 5 nitrogen and oxygen atoms in total. The fourth-order valence-electron chi connectivity index (χ4n) is 3.55. The number of para-hydroxylation sites is 2. The van der Waals surface area contributed by atoms with E-state index in [1.165, 1.54) is 5.56 Å². The van der Waals surface area contributed by atoms with Gasteiger partial charge in [0.15, 0.2) is 0 Å². The van der Waals surface area contributed by atoms with E-state index in [0.29, 0.717) is 12.2 Å². The van der Waals surface area contributed by atoms with E-state index in [1.54, 1.807) is 19.4 Å². The van der Waals surface area contributed by atoms with Gasteiger partial charge < -0.3 is 15.0 Å². The zero-order valence-electron chi connectivity index (χ0n) is 15.9. The van der Waals surface area contributed by atoms with E-state index >= 15 is 0 Å². The molecule has 0 atom stereocenters. The van der Waals surface area contributed by atoms with Gasteiger partial charge in [0.05, 0.1) is 19.0 Å². The Bertz CT molecular complexity index is 970. The van der Waals surface area contributed by atoms with Crippen LogP contribution in [0.2, 0.25) is 0 Å². The van der Waals surface area contributed by atoms with E-state index in [2.05, 4.69) is 16.4 Å². The van der Waals surface area contributed by atoms with Crippen LogP contribution in [-0.4, -0.2) is 24.5 Å². The van der Waals surface area contributed by atoms with Crippen molar-refractivity contribution in [3.05, 3.63) is 83.7 Å². The monoisotopic (exact) mass is 373 g/mol. The molecule has 0 aliphatic carbocycles. The molecule has 142 valence electrons. The molecule has 1 aromatic heterocycles. The Morgan fingerprint density at radius 3 is 2.75 bits per heavy atom. The fourth-order valence-corrected chi connectivity index (χ4v) is 3.55. The van der Waals surface area contributed by atoms with Crippen LogP contribution in [0.25, 0.3) is 0 Å². The van der Waals surface area contributed by atoms with Crippen LogP contribution in [0.4, 0.5) is 11.4 Å². The molecule has 1 N–H and O–H groups in total. The minimum atomic E-state index is -0.0524. The molecule has 0 fully saturated rings. The summed E-state index contributed by atoms with van der Waals surface area (Å²) in [5, 5.41) is 3.33. The topological polar surface area (TPSA) is 54.5 Å². The van der Waals surface area contributed by atoms with E-state index in [4.69, 9.17) is 4.74 Å². The van der Waals surface area contributed by atoms with Crippen molar-refractivity contribution in [1.29, 1.82) is 0 Å². The van der Waals surface area contributed by atoms with Gasteiger partial charge in [-0.05, 0) is 42.7 Å². The van der Waals surface area contributed by atoms with Crippen molar-refractivity contribution in [1.82, 2.24) is 4.98 Å². The van der Waals surface area contributed by atoms with Gasteiger partial charge in [-0.3, -0.25) is 4.79 Å². The average molecular weight is 373 g/mol. The van der Waals surface area contributed by atoms with Crippen LogP contribution in [0.3, 0.4) is 0 Å². The summed E-state index contributed by atoms with van der Waals surface area (Å²) >= 11 is 0. The van der Waals surface area contributed by atoms with Crippen LogP contribution in [0, 0.1) is 0 Å². The predicted molar refractivity (Wildman–Crippen MR) is 111 cm³/mol. The summed E-state index contributed by atoms with van der Waals surface area (Å²) in [5.74, 6) is 0.793. The molecule has 0 spiro atoms. The number of aryl methyl sites for hydroxylation is 1. The number of ether oxygens (including phenoxy) is 1. The van der Waals surface area contributed by atoms with Crippen LogP contribution >= 0.6 is 0 Å². The first kappa shape index (κ1) is 18.0. The Kier molecular flexibility index (Phi) is 5.24. The maximum Gasteiger partial charge on any atom is 0.276 e. The normalized spacial score (nSPS) is 13.0. The number of methoxy groups -OCH3 is 1. The Morgan fingerprint density at radius 2 is 1.93 bits per heavy atom. The molecule has 1 aliphatic heterocycles. The summed E-state index contributed by atoms with van der Waals surface area (Å²) in [4.78, 5) is 19.2. The van der Waals surface area contributed by atoms with Gasteiger partial charge in [0.25, 0.3) is 5.91 Å². The third-order valence-electron chi connectivity index (χ3n) is 5.01. The van der Waals surface area contributed by atoms with E-state index in [9.17, 15) is 4.79 Å². The first-order valence-electron chi connectivity index (χ1n) is 9.48. The SMILES string of the molecule is COc1ccccc1CNc1ccc(C(=O)N2CCCc3ccccc32)nc1. The number of anilines is 2. The van der Waals surface area contributed by atoms with Gasteiger partial charge in [-0.1, -0.05) is 36.4 Å². The van der Waals surface area contributed by atoms with Crippen molar-refractivity contribution in [2.45, 2.75) is 19.4 Å². The molecule has 2 aromatic carbocycles. The van der Waals surface area contributed by atoms with Crippen LogP contribution in [0.1, 0.15) is 28.0 Å². The Labute approximate surface area is 165 Å². The zero-order chi connectivity index (χ0) is 19.3. The number of amides is 1. The van der Waals surface area contributed by atoms with Gasteiger partial charge in [0.2, 0.25) is 0 Å². The summed E-state index contributed by atoms with van der Waals surface area (Å²) in [6, 6.07) is 19.7. The second-order valence-corrected chi connectivity index (χ2v) is 6.79. The van der Waals surface area contributed by atoms with Crippen molar-refractivity contribution in [3.63, 3.8) is 0 Å². The van der Waals surface area contributed by atoms with Crippen LogP contribution in [0.5, 0.6) is 5.75 Å². The predicted octanol–water partition coefficient (Wildman–Crippen LogP) is 4.30. The summed E-state index contributed by atoms with van der Waals surface area (Å²) in [7, 11) is 1.67. The third-order valence-corrected chi connectivity index (χ3v) is 5.01. The largest absolute Gasteiger partial charge is 0.496 e. The maximum absolute atomic E-state index is 13.0. The highest BCUT2D eigenvalue weighted by atomic mass is 16.5. The Hall–Kier alpha value is -3.34. The number of nitrogens with zero attached hydrogens (tertiary/aromatic N) is 2. The number of carbonyl (C=O) groups is 1. The number of fused-ring (bicyclic) bond motifs is 1. The molecule has 1 amide bonds. The van der Waals surface area contributed by atoms with Crippen molar-refractivity contribution in [2.75, 3.05) is 23.9 Å². The van der Waals surface area contributed by atoms with Gasteiger partial charge >= 0.3 is 0 Å². The number of aromatic nitrogens is 1. The quantitative estimate of drug-likeness (QED) is 0.725. The summed E-state index contributed by atoms with van der Waals surface area (Å²) in [6.07, 6.45) is 3.69. The molecular formula is C23H23N3O2. The number of carbonyl (C=O) groups excluding carboxylic acids is 1. The molecule has 2 heterocycles. The van der Waals surface area contributed by atoms with E-state index < -0.39 is 0 Å². The minimum Gasteiger partial charge on any atom is -0.496 e. The van der Waals surface area contributed by atoms with Crippen molar-refractivity contribution in [3.8, 4) is 5.75 Å². The van der Waals surface area contributed by atoms with Gasteiger partial charge in [-0.25, -0.2) is 4.98 Å². The second kappa shape index (κ2) is 8.13. The highest BCUT2D eigenvalue weighted by Crippen LogP contribution is 2.28. The lowest BCUT2D eigenvalue weighted by molar-refractivity contribution is 0.0980. The Balaban J connectivity index is 1.46. The lowest BCUT2D eigenvalue weighted by atomic mass is 10.0. The van der Waals surface area contributed by atoms with E-state index in [-0.39, 0.29) is 5.91 Å². The second-order valence-electron chi connectivity index (χ2n) is 6.79. The number of benzene rings is 2. The molecule has 28 heavy (non-hydrogen) atoms. The summed E-state index contributed by atoms with van der Waals surface area (Å²) in [5.41, 5.74) is 4.60. The van der Waals surface area contributed by atoms with Gasteiger partial charge in [-0.2, -0.15) is 0 Å². The zero-order valence-corrected chi connectivity index (χ0v) is 15.9. The van der Waals surface area contributed by atoms with Gasteiger partial charge in [0, 0.05) is 24.3 Å². The average Bonchev–Trinajstić information content (AvgIpc) is 2.77. The molecule has 5 heteroatoms. The lowest BCUT2D eigenvalue weighted by Gasteiger charge is -2.29. The van der Waals surface area contributed by atoms with Gasteiger partial charge in [0.1, 0.15) is 11.4 Å². The highest BCUT2D eigenvalue weighted by molar-refractivity contribution is 6.05. The van der Waals surface area contributed by atoms with Crippen LogP contribution in [0.15, 0.2) is 66.9 Å². The first-order valence-corrected chi connectivity index (χ1v) is 9.48. The molecule has 0 bridgehead atoms. The Morgan fingerprint density at radius 1 is 1.11 bits per heavy atom. The number of rotatable bonds is 5. The number of pyridine rings is 1. The smallest absolute Gasteiger partial charge is 0.276 e. The molecule has 0 saturated heterocycles. The molecule has 4 rings (SSSR count). The highest BCUT2D eigenvalue weighted by Gasteiger charge is 2.23. The van der Waals surface area contributed by atoms with Crippen LogP contribution < -0.4 is 15.0 Å². The number of hydrogen-bond acceptors (Lipinski definition) is 4. The lowest BCUT2D eigenvalue weighted by Crippen LogP contribution is -2.35. The molecule has 0 unspecified atom stereocenters. The fraction of sp³-hybridized carbons (Fsp3) is 0.217. The minimum absolute atomic E-state index is 0.0524. The van der Waals surface area contributed by atoms with Gasteiger partial charge in [-0.15, -0.1) is 0 Å². The van der Waals surface area contributed by atoms with Crippen molar-refractivity contribution in [2.24, 2.45) is 0 Å². The first-order chi connectivity index (χ1) is 13.8. The van der Waals surface area contributed by atoms with E-state index in [1.807, 2.05) is 53.4 Å². The number of nitrogens with one attached hydrogen (secondary N) is 1. The molecule has 3 aromatic rings. The molecule has 0 saturated carbocycles. The van der Waals surface area contributed by atoms with Crippen molar-refractivity contribution >= 4 is 17.3 Å². The van der Waals surface area contributed by atoms with E-state index in [0.717, 1.165) is 42.1 Å². The molecule has 1 aliphatic rings. The molecule has 0 radical (unpaired) electrons. The maximum atomic E-state index is 13.0. The number of hydrogen-bond donors (Lipinski definition) is 1. The van der Waals surface area contributed by atoms with Crippen LogP contribution in [-0.2, 0) is 13.0 Å². The standard InChI is InChI=1S/C23H23N3O2/c1-28-22-11-5-3-8-18(22)15-24-19-12-13-20(25-16-19)23(27)26-14-6-9-17-7-2-4-10-21(17)26/h2-5,7-8,10-13,16,24H,6,9,14-15H2,1H3. The van der Waals surface area contributed by atoms with Crippen molar-refractivity contribution < 1.29 is 9.53 Å². The summed E-state index contributed by atoms with van der Waals surface area (Å²) in [6.45, 7) is 1.35.